The van der Waals surface area contributed by atoms with E-state index in [0.29, 0.717) is 5.75 Å². The van der Waals surface area contributed by atoms with Gasteiger partial charge in [0.05, 0.1) is 6.61 Å². The summed E-state index contributed by atoms with van der Waals surface area (Å²) in [7, 11) is 0. The third-order valence-electron chi connectivity index (χ3n) is 2.99. The number of benzene rings is 1. The van der Waals surface area contributed by atoms with Crippen LogP contribution < -0.4 is 14.9 Å². The van der Waals surface area contributed by atoms with Crippen LogP contribution in [0.4, 0.5) is 4.79 Å². The van der Waals surface area contributed by atoms with Crippen molar-refractivity contribution < 1.29 is 28.2 Å². The molecule has 0 unspecified atom stereocenters. The lowest BCUT2D eigenvalue weighted by Crippen LogP contribution is -2.35. The van der Waals surface area contributed by atoms with E-state index in [-0.39, 0.29) is 18.9 Å². The fraction of sp³-hybridized carbons (Fsp3) is 0.556. The van der Waals surface area contributed by atoms with Gasteiger partial charge in [0.25, 0.3) is 0 Å². The third-order valence-corrected chi connectivity index (χ3v) is 6.98. The first-order valence-corrected chi connectivity index (χ1v) is 12.2. The number of nitrogens with one attached hydrogen (secondary N) is 2. The summed E-state index contributed by atoms with van der Waals surface area (Å²) in [5.41, 5.74) is -0.598. The quantitative estimate of drug-likeness (QED) is 0.325. The number of alkyl carbamates (subject to hydrolysis) is 1. The molecule has 0 fully saturated rings. The van der Waals surface area contributed by atoms with Crippen LogP contribution in [0, 0.1) is 0 Å². The zero-order valence-corrected chi connectivity index (χ0v) is 18.6. The van der Waals surface area contributed by atoms with Crippen molar-refractivity contribution >= 4 is 30.2 Å². The van der Waals surface area contributed by atoms with Crippen molar-refractivity contribution in [3.63, 3.8) is 0 Å². The minimum absolute atomic E-state index is 0.219. The van der Waals surface area contributed by atoms with E-state index < -0.39 is 30.4 Å². The van der Waals surface area contributed by atoms with Crippen molar-refractivity contribution in [3.8, 4) is 5.75 Å². The topological polar surface area (TPSA) is 103 Å². The Kier molecular flexibility index (Phi) is 9.85. The lowest BCUT2D eigenvalue weighted by molar-refractivity contribution is -0.144. The maximum absolute atomic E-state index is 13.3. The van der Waals surface area contributed by atoms with Gasteiger partial charge in [0.2, 0.25) is 0 Å². The van der Waals surface area contributed by atoms with Crippen LogP contribution in [0.1, 0.15) is 34.6 Å². The molecule has 0 aromatic heterocycles. The van der Waals surface area contributed by atoms with Crippen LogP contribution in [0.15, 0.2) is 30.3 Å². The van der Waals surface area contributed by atoms with Crippen molar-refractivity contribution in [2.24, 2.45) is 0 Å². The lowest BCUT2D eigenvalue weighted by Gasteiger charge is -2.23. The molecule has 10 heteroatoms. The van der Waals surface area contributed by atoms with Gasteiger partial charge in [0.15, 0.2) is 0 Å². The Morgan fingerprint density at radius 3 is 2.43 bits per heavy atom. The van der Waals surface area contributed by atoms with Crippen LogP contribution in [0.25, 0.3) is 0 Å². The Bertz CT molecular complexity index is 680. The van der Waals surface area contributed by atoms with Crippen LogP contribution in [0.3, 0.4) is 0 Å². The van der Waals surface area contributed by atoms with Gasteiger partial charge in [-0.15, -0.1) is 0 Å². The summed E-state index contributed by atoms with van der Waals surface area (Å²) in [4.78, 5) is 23.6. The fourth-order valence-electron chi connectivity index (χ4n) is 1.90. The summed E-state index contributed by atoms with van der Waals surface area (Å²) >= 11 is 0.987. The summed E-state index contributed by atoms with van der Waals surface area (Å²) in [5.74, 6) is 0.167. The standard InChI is InChI=1S/C18H29N2O6PS/c1-6-24-16(21)14(2)20-27(23,26-15-10-8-7-9-11-15)28-13-12-19-17(22)25-18(3,4)5/h7-11,14H,6,12-13H2,1-5H3,(H,19,22)(H,20,23)/t14-,27+/m0/s1. The molecule has 8 nitrogen and oxygen atoms in total. The number of hydrogen-bond donors (Lipinski definition) is 2. The van der Waals surface area contributed by atoms with Crippen LogP contribution in [-0.4, -0.2) is 42.6 Å². The molecule has 0 saturated carbocycles. The monoisotopic (exact) mass is 432 g/mol. The van der Waals surface area contributed by atoms with E-state index in [1.54, 1.807) is 58.9 Å². The number of para-hydroxylation sites is 1. The molecule has 158 valence electrons. The zero-order chi connectivity index (χ0) is 21.2. The fourth-order valence-corrected chi connectivity index (χ4v) is 5.60. The summed E-state index contributed by atoms with van der Waals surface area (Å²) in [6.45, 7) is 5.49. The van der Waals surface area contributed by atoms with Gasteiger partial charge in [-0.05, 0) is 58.1 Å². The molecule has 0 spiro atoms. The molecule has 0 aliphatic heterocycles. The van der Waals surface area contributed by atoms with Gasteiger partial charge in [-0.25, -0.2) is 14.4 Å². The Morgan fingerprint density at radius 1 is 1.21 bits per heavy atom. The average molecular weight is 432 g/mol. The van der Waals surface area contributed by atoms with Crippen LogP contribution in [0.2, 0.25) is 0 Å². The van der Waals surface area contributed by atoms with Gasteiger partial charge >= 0.3 is 18.8 Å². The third kappa shape index (κ3) is 10.0. The predicted molar refractivity (Wildman–Crippen MR) is 111 cm³/mol. The molecule has 1 amide bonds. The lowest BCUT2D eigenvalue weighted by atomic mass is 10.2. The van der Waals surface area contributed by atoms with Crippen molar-refractivity contribution in [1.82, 2.24) is 10.4 Å². The molecule has 2 N–H and O–H groups in total. The molecule has 1 rings (SSSR count). The Hall–Kier alpha value is -1.70. The molecule has 0 bridgehead atoms. The van der Waals surface area contributed by atoms with Crippen LogP contribution in [-0.2, 0) is 18.8 Å². The number of carbonyl (C=O) groups is 2. The van der Waals surface area contributed by atoms with Crippen molar-refractivity contribution in [2.75, 3.05) is 18.9 Å². The second-order valence-corrected chi connectivity index (χ2v) is 11.1. The summed E-state index contributed by atoms with van der Waals surface area (Å²) in [6.07, 6.45) is -0.556. The molecule has 2 atom stereocenters. The van der Waals surface area contributed by atoms with E-state index in [2.05, 4.69) is 10.4 Å². The molecule has 1 aromatic carbocycles. The van der Waals surface area contributed by atoms with Gasteiger partial charge in [-0.1, -0.05) is 18.2 Å². The van der Waals surface area contributed by atoms with E-state index in [9.17, 15) is 14.2 Å². The van der Waals surface area contributed by atoms with Crippen molar-refractivity contribution in [1.29, 1.82) is 0 Å². The Balaban J connectivity index is 2.69. The summed E-state index contributed by atoms with van der Waals surface area (Å²) in [5, 5.41) is 5.32. The second kappa shape index (κ2) is 11.3. The molecular formula is C18H29N2O6PS. The van der Waals surface area contributed by atoms with Gasteiger partial charge in [0.1, 0.15) is 17.4 Å². The summed E-state index contributed by atoms with van der Waals surface area (Å²) in [6, 6.07) is 7.84. The molecule has 28 heavy (non-hydrogen) atoms. The highest BCUT2D eigenvalue weighted by atomic mass is 32.7. The van der Waals surface area contributed by atoms with Gasteiger partial charge in [-0.3, -0.25) is 4.79 Å². The zero-order valence-electron chi connectivity index (χ0n) is 16.9. The largest absolute Gasteiger partial charge is 0.465 e. The van der Waals surface area contributed by atoms with Gasteiger partial charge < -0.3 is 19.3 Å². The average Bonchev–Trinajstić information content (AvgIpc) is 2.58. The van der Waals surface area contributed by atoms with E-state index in [1.165, 1.54) is 0 Å². The number of rotatable bonds is 10. The molecule has 0 aliphatic rings. The van der Waals surface area contributed by atoms with Crippen LogP contribution >= 0.6 is 18.1 Å². The maximum atomic E-state index is 13.3. The number of ether oxygens (including phenoxy) is 2. The summed E-state index contributed by atoms with van der Waals surface area (Å²) < 4.78 is 29.0. The molecule has 0 radical (unpaired) electrons. The normalized spacial score (nSPS) is 14.5. The first-order chi connectivity index (χ1) is 13.0. The number of hydrogen-bond acceptors (Lipinski definition) is 7. The Labute approximate surface area is 170 Å². The van der Waals surface area contributed by atoms with E-state index >= 15 is 0 Å². The van der Waals surface area contributed by atoms with Crippen molar-refractivity contribution in [3.05, 3.63) is 30.3 Å². The van der Waals surface area contributed by atoms with E-state index in [4.69, 9.17) is 14.0 Å². The highest BCUT2D eigenvalue weighted by Gasteiger charge is 2.31. The predicted octanol–water partition coefficient (Wildman–Crippen LogP) is 3.97. The highest BCUT2D eigenvalue weighted by Crippen LogP contribution is 2.55. The molecule has 0 saturated heterocycles. The molecular weight excluding hydrogens is 403 g/mol. The smallest absolute Gasteiger partial charge is 0.407 e. The number of carbonyl (C=O) groups excluding carboxylic acids is 2. The van der Waals surface area contributed by atoms with E-state index in [1.807, 2.05) is 6.07 Å². The van der Waals surface area contributed by atoms with Gasteiger partial charge in [0, 0.05) is 12.3 Å². The minimum atomic E-state index is -3.50. The SMILES string of the molecule is CCOC(=O)[C@H](C)N[P@@](=O)(Oc1ccccc1)SCCNC(=O)OC(C)(C)C. The first-order valence-electron chi connectivity index (χ1n) is 8.95. The van der Waals surface area contributed by atoms with Crippen LogP contribution in [0.5, 0.6) is 5.75 Å². The van der Waals surface area contributed by atoms with Gasteiger partial charge in [-0.2, -0.15) is 0 Å². The number of amides is 1. The second-order valence-electron chi connectivity index (χ2n) is 6.77. The molecule has 0 aliphatic carbocycles. The maximum Gasteiger partial charge on any atom is 0.407 e. The minimum Gasteiger partial charge on any atom is -0.465 e. The molecule has 0 heterocycles. The highest BCUT2D eigenvalue weighted by molar-refractivity contribution is 8.56. The first kappa shape index (κ1) is 24.3. The van der Waals surface area contributed by atoms with Crippen molar-refractivity contribution in [2.45, 2.75) is 46.3 Å². The Morgan fingerprint density at radius 2 is 1.86 bits per heavy atom. The molecule has 1 aromatic rings. The van der Waals surface area contributed by atoms with E-state index in [0.717, 1.165) is 11.4 Å². The number of esters is 1.